The van der Waals surface area contributed by atoms with Gasteiger partial charge in [-0.05, 0) is 0 Å². The summed E-state index contributed by atoms with van der Waals surface area (Å²) in [6, 6.07) is 0.769. The molecule has 0 atom stereocenters. The van der Waals surface area contributed by atoms with Gasteiger partial charge >= 0.3 is 0 Å². The second-order valence-corrected chi connectivity index (χ2v) is 3.58. The van der Waals surface area contributed by atoms with E-state index >= 15 is 0 Å². The van der Waals surface area contributed by atoms with Crippen LogP contribution in [0, 0.1) is 11.6 Å². The fraction of sp³-hybridized carbons (Fsp3) is 0.545. The third kappa shape index (κ3) is 3.51. The normalized spacial score (nSPS) is 10.5. The van der Waals surface area contributed by atoms with Gasteiger partial charge in [-0.25, -0.2) is 13.8 Å². The first-order valence-corrected chi connectivity index (χ1v) is 5.52. The molecule has 0 amide bonds. The average molecular weight is 261 g/mol. The lowest BCUT2D eigenvalue weighted by Crippen LogP contribution is -2.32. The maximum absolute atomic E-state index is 13.7. The van der Waals surface area contributed by atoms with Crippen molar-refractivity contribution in [1.82, 2.24) is 4.98 Å². The average Bonchev–Trinajstić information content (AvgIpc) is 2.35. The third-order valence-corrected chi connectivity index (χ3v) is 2.38. The van der Waals surface area contributed by atoms with E-state index in [0.29, 0.717) is 13.2 Å². The van der Waals surface area contributed by atoms with Crippen molar-refractivity contribution in [3.8, 4) is 0 Å². The predicted octanol–water partition coefficient (Wildman–Crippen LogP) is 0.847. The molecule has 0 radical (unpaired) electrons. The molecule has 0 aliphatic heterocycles. The van der Waals surface area contributed by atoms with E-state index in [1.54, 1.807) is 0 Å². The van der Waals surface area contributed by atoms with E-state index in [2.05, 4.69) is 10.3 Å². The predicted molar refractivity (Wildman–Crippen MR) is 64.9 cm³/mol. The van der Waals surface area contributed by atoms with Crippen LogP contribution in [0.15, 0.2) is 6.07 Å². The molecule has 18 heavy (non-hydrogen) atoms. The van der Waals surface area contributed by atoms with Gasteiger partial charge in [0.1, 0.15) is 0 Å². The Balaban J connectivity index is 3.02. The van der Waals surface area contributed by atoms with Gasteiger partial charge in [-0.1, -0.05) is 0 Å². The quantitative estimate of drug-likeness (QED) is 0.762. The smallest absolute Gasteiger partial charge is 0.168 e. The molecule has 102 valence electrons. The minimum absolute atomic E-state index is 0.00755. The van der Waals surface area contributed by atoms with E-state index < -0.39 is 11.6 Å². The Kier molecular flexibility index (Phi) is 5.73. The van der Waals surface area contributed by atoms with E-state index in [1.165, 1.54) is 19.1 Å². The third-order valence-electron chi connectivity index (χ3n) is 2.38. The second-order valence-electron chi connectivity index (χ2n) is 3.58. The molecule has 0 spiro atoms. The van der Waals surface area contributed by atoms with Gasteiger partial charge in [0.2, 0.25) is 0 Å². The van der Waals surface area contributed by atoms with E-state index in [9.17, 15) is 8.78 Å². The standard InChI is InChI=1S/C11H17F2N3O2/c1-14-10-8(12)7-9(13)11(15-10)16(3-5-17)4-6-18-2/h7,17H,3-6H2,1-2H3,(H,14,15). The summed E-state index contributed by atoms with van der Waals surface area (Å²) in [5.41, 5.74) is 0. The van der Waals surface area contributed by atoms with Crippen LogP contribution in [-0.4, -0.2) is 50.6 Å². The summed E-state index contributed by atoms with van der Waals surface area (Å²) < 4.78 is 31.8. The number of nitrogens with zero attached hydrogens (tertiary/aromatic N) is 2. The molecule has 0 unspecified atom stereocenters. The second kappa shape index (κ2) is 7.07. The molecule has 1 heterocycles. The number of hydrogen-bond donors (Lipinski definition) is 2. The van der Waals surface area contributed by atoms with E-state index in [1.807, 2.05) is 0 Å². The molecule has 1 rings (SSSR count). The van der Waals surface area contributed by atoms with Gasteiger partial charge < -0.3 is 20.1 Å². The summed E-state index contributed by atoms with van der Waals surface area (Å²) in [5, 5.41) is 11.5. The number of halogens is 2. The Labute approximate surface area is 104 Å². The maximum Gasteiger partial charge on any atom is 0.168 e. The fourth-order valence-corrected chi connectivity index (χ4v) is 1.50. The highest BCUT2D eigenvalue weighted by Crippen LogP contribution is 2.21. The number of nitrogens with one attached hydrogen (secondary N) is 1. The lowest BCUT2D eigenvalue weighted by molar-refractivity contribution is 0.202. The van der Waals surface area contributed by atoms with Gasteiger partial charge in [-0.2, -0.15) is 0 Å². The molecule has 0 aromatic carbocycles. The van der Waals surface area contributed by atoms with Crippen molar-refractivity contribution in [2.24, 2.45) is 0 Å². The molecular formula is C11H17F2N3O2. The van der Waals surface area contributed by atoms with Crippen LogP contribution in [0.1, 0.15) is 0 Å². The summed E-state index contributed by atoms with van der Waals surface area (Å²) in [6.07, 6.45) is 0. The number of aromatic nitrogens is 1. The van der Waals surface area contributed by atoms with Crippen molar-refractivity contribution in [3.05, 3.63) is 17.7 Å². The van der Waals surface area contributed by atoms with Crippen LogP contribution in [0.25, 0.3) is 0 Å². The number of anilines is 2. The lowest BCUT2D eigenvalue weighted by Gasteiger charge is -2.23. The molecular weight excluding hydrogens is 244 g/mol. The lowest BCUT2D eigenvalue weighted by atomic mass is 10.3. The monoisotopic (exact) mass is 261 g/mol. The van der Waals surface area contributed by atoms with Crippen LogP contribution < -0.4 is 10.2 Å². The van der Waals surface area contributed by atoms with Crippen LogP contribution in [0.3, 0.4) is 0 Å². The SMILES string of the molecule is CNc1nc(N(CCO)CCOC)c(F)cc1F. The van der Waals surface area contributed by atoms with Crippen LogP contribution in [0.5, 0.6) is 0 Å². The fourth-order valence-electron chi connectivity index (χ4n) is 1.50. The summed E-state index contributed by atoms with van der Waals surface area (Å²) in [5.74, 6) is -1.57. The van der Waals surface area contributed by atoms with Crippen molar-refractivity contribution in [2.45, 2.75) is 0 Å². The van der Waals surface area contributed by atoms with Crippen molar-refractivity contribution < 1.29 is 18.6 Å². The van der Waals surface area contributed by atoms with Crippen molar-refractivity contribution >= 4 is 11.6 Å². The first-order valence-electron chi connectivity index (χ1n) is 5.52. The van der Waals surface area contributed by atoms with Gasteiger partial charge in [-0.15, -0.1) is 0 Å². The molecule has 0 aliphatic rings. The minimum Gasteiger partial charge on any atom is -0.395 e. The van der Waals surface area contributed by atoms with Crippen LogP contribution in [0.4, 0.5) is 20.4 Å². The van der Waals surface area contributed by atoms with Gasteiger partial charge in [0.25, 0.3) is 0 Å². The topological polar surface area (TPSA) is 57.6 Å². The molecule has 2 N–H and O–H groups in total. The van der Waals surface area contributed by atoms with Gasteiger partial charge in [0.05, 0.1) is 13.2 Å². The zero-order valence-electron chi connectivity index (χ0n) is 10.4. The molecule has 5 nitrogen and oxygen atoms in total. The van der Waals surface area contributed by atoms with E-state index in [-0.39, 0.29) is 24.8 Å². The van der Waals surface area contributed by atoms with Crippen molar-refractivity contribution in [3.63, 3.8) is 0 Å². The Morgan fingerprint density at radius 2 is 2.11 bits per heavy atom. The molecule has 0 saturated carbocycles. The summed E-state index contributed by atoms with van der Waals surface area (Å²) in [7, 11) is 3.02. The highest BCUT2D eigenvalue weighted by Gasteiger charge is 2.16. The van der Waals surface area contributed by atoms with Crippen LogP contribution in [-0.2, 0) is 4.74 Å². The van der Waals surface area contributed by atoms with Crippen molar-refractivity contribution in [2.75, 3.05) is 50.7 Å². The Hall–Kier alpha value is -1.47. The molecule has 0 bridgehead atoms. The van der Waals surface area contributed by atoms with Gasteiger partial charge in [0.15, 0.2) is 23.3 Å². The van der Waals surface area contributed by atoms with E-state index in [4.69, 9.17) is 9.84 Å². The largest absolute Gasteiger partial charge is 0.395 e. The maximum atomic E-state index is 13.7. The number of rotatable bonds is 7. The molecule has 0 aliphatic carbocycles. The molecule has 0 saturated heterocycles. The number of ether oxygens (including phenoxy) is 1. The first-order chi connectivity index (χ1) is 8.63. The zero-order valence-corrected chi connectivity index (χ0v) is 10.4. The molecule has 0 fully saturated rings. The number of methoxy groups -OCH3 is 1. The number of pyridine rings is 1. The molecule has 1 aromatic rings. The van der Waals surface area contributed by atoms with Gasteiger partial charge in [-0.3, -0.25) is 0 Å². The zero-order chi connectivity index (χ0) is 13.5. The van der Waals surface area contributed by atoms with Gasteiger partial charge in [0, 0.05) is 33.3 Å². The number of hydrogen-bond acceptors (Lipinski definition) is 5. The highest BCUT2D eigenvalue weighted by atomic mass is 19.1. The molecule has 1 aromatic heterocycles. The van der Waals surface area contributed by atoms with Crippen molar-refractivity contribution in [1.29, 1.82) is 0 Å². The minimum atomic E-state index is -0.768. The Morgan fingerprint density at radius 1 is 1.39 bits per heavy atom. The van der Waals surface area contributed by atoms with Crippen LogP contribution >= 0.6 is 0 Å². The first kappa shape index (κ1) is 14.6. The number of aliphatic hydroxyl groups excluding tert-OH is 1. The van der Waals surface area contributed by atoms with E-state index in [0.717, 1.165) is 6.07 Å². The summed E-state index contributed by atoms with van der Waals surface area (Å²) >= 11 is 0. The molecule has 7 heteroatoms. The Bertz CT molecular complexity index is 391. The summed E-state index contributed by atoms with van der Waals surface area (Å²) in [6.45, 7) is 0.752. The number of aliphatic hydroxyl groups is 1. The van der Waals surface area contributed by atoms with Crippen LogP contribution in [0.2, 0.25) is 0 Å². The highest BCUT2D eigenvalue weighted by molar-refractivity contribution is 5.49. The Morgan fingerprint density at radius 3 is 2.67 bits per heavy atom. The summed E-state index contributed by atoms with van der Waals surface area (Å²) in [4.78, 5) is 5.36.